The second kappa shape index (κ2) is 6.61. The average molecular weight is 270 g/mol. The zero-order chi connectivity index (χ0) is 12.3. The number of carbonyl (C=O) groups is 1. The molecule has 1 aromatic carbocycles. The quantitative estimate of drug-likeness (QED) is 0.628. The summed E-state index contributed by atoms with van der Waals surface area (Å²) in [5, 5.41) is 0. The van der Waals surface area contributed by atoms with E-state index in [1.165, 1.54) is 0 Å². The maximum absolute atomic E-state index is 12.3. The molecule has 1 aliphatic rings. The number of hydrogen-bond acceptors (Lipinski definition) is 3. The number of benzene rings is 1. The lowest BCUT2D eigenvalue weighted by Gasteiger charge is -2.32. The number of carbonyl (C=O) groups excluding carboxylic acids is 1. The Bertz CT molecular complexity index is 404. The molecule has 18 heavy (non-hydrogen) atoms. The molecule has 0 aliphatic carbocycles. The van der Waals surface area contributed by atoms with Crippen molar-refractivity contribution < 1.29 is 21.9 Å². The van der Waals surface area contributed by atoms with Gasteiger partial charge in [0.1, 0.15) is 5.75 Å². The van der Waals surface area contributed by atoms with Crippen LogP contribution in [0.2, 0.25) is 0 Å². The van der Waals surface area contributed by atoms with Gasteiger partial charge in [0.15, 0.2) is 0 Å². The van der Waals surface area contributed by atoms with Gasteiger partial charge in [-0.15, -0.1) is 0 Å². The molecule has 0 atom stereocenters. The summed E-state index contributed by atoms with van der Waals surface area (Å²) in [7, 11) is 3.67. The number of likely N-dealkylation sites (N-methyl/N-ethyl adjacent to an activating group) is 1. The minimum atomic E-state index is 0. The Hall–Kier alpha value is -1.26. The van der Waals surface area contributed by atoms with Crippen LogP contribution in [0.1, 0.15) is 10.4 Å². The molecular formula is C13H18ClN2O2-. The number of methoxy groups -OCH3 is 1. The SMILES string of the molecule is COc1ccccc1C(=O)N1CCN(C)CC1.[Cl-]. The van der Waals surface area contributed by atoms with E-state index in [9.17, 15) is 4.79 Å². The number of hydrogen-bond donors (Lipinski definition) is 0. The molecule has 1 saturated heterocycles. The molecule has 1 amide bonds. The smallest absolute Gasteiger partial charge is 0.257 e. The van der Waals surface area contributed by atoms with E-state index < -0.39 is 0 Å². The van der Waals surface area contributed by atoms with Crippen LogP contribution in [-0.4, -0.2) is 56.0 Å². The van der Waals surface area contributed by atoms with Crippen LogP contribution in [0.3, 0.4) is 0 Å². The fourth-order valence-corrected chi connectivity index (χ4v) is 2.00. The summed E-state index contributed by atoms with van der Waals surface area (Å²) in [5.41, 5.74) is 0.652. The van der Waals surface area contributed by atoms with E-state index in [0.29, 0.717) is 11.3 Å². The van der Waals surface area contributed by atoms with Gasteiger partial charge in [-0.25, -0.2) is 0 Å². The van der Waals surface area contributed by atoms with E-state index in [1.54, 1.807) is 7.11 Å². The lowest BCUT2D eigenvalue weighted by atomic mass is 10.1. The highest BCUT2D eigenvalue weighted by atomic mass is 35.5. The molecule has 0 bridgehead atoms. The number of rotatable bonds is 2. The second-order valence-corrected chi connectivity index (χ2v) is 4.30. The fourth-order valence-electron chi connectivity index (χ4n) is 2.00. The Morgan fingerprint density at radius 1 is 1.17 bits per heavy atom. The molecule has 1 fully saturated rings. The number of halogens is 1. The number of ether oxygens (including phenoxy) is 1. The zero-order valence-electron chi connectivity index (χ0n) is 10.7. The molecule has 0 saturated carbocycles. The van der Waals surface area contributed by atoms with Gasteiger partial charge in [0, 0.05) is 26.2 Å². The van der Waals surface area contributed by atoms with Crippen molar-refractivity contribution in [3.63, 3.8) is 0 Å². The number of amides is 1. The monoisotopic (exact) mass is 269 g/mol. The lowest BCUT2D eigenvalue weighted by Crippen LogP contribution is -3.00. The molecule has 0 N–H and O–H groups in total. The average Bonchev–Trinajstić information content (AvgIpc) is 2.39. The van der Waals surface area contributed by atoms with Gasteiger partial charge in [-0.3, -0.25) is 4.79 Å². The predicted octanol–water partition coefficient (Wildman–Crippen LogP) is -1.91. The highest BCUT2D eigenvalue weighted by Gasteiger charge is 2.22. The molecule has 2 rings (SSSR count). The fraction of sp³-hybridized carbons (Fsp3) is 0.462. The van der Waals surface area contributed by atoms with Gasteiger partial charge in [0.2, 0.25) is 0 Å². The molecule has 100 valence electrons. The minimum absolute atomic E-state index is 0. The Morgan fingerprint density at radius 3 is 2.39 bits per heavy atom. The molecule has 0 radical (unpaired) electrons. The Labute approximate surface area is 114 Å². The van der Waals surface area contributed by atoms with Crippen LogP contribution in [0.25, 0.3) is 0 Å². The van der Waals surface area contributed by atoms with Gasteiger partial charge in [-0.2, -0.15) is 0 Å². The van der Waals surface area contributed by atoms with Crippen molar-refractivity contribution in [2.45, 2.75) is 0 Å². The first-order valence-corrected chi connectivity index (χ1v) is 5.83. The van der Waals surface area contributed by atoms with Crippen molar-refractivity contribution in [1.82, 2.24) is 9.80 Å². The van der Waals surface area contributed by atoms with Gasteiger partial charge < -0.3 is 26.9 Å². The first-order chi connectivity index (χ1) is 8.22. The Morgan fingerprint density at radius 2 is 1.78 bits per heavy atom. The van der Waals surface area contributed by atoms with E-state index in [0.717, 1.165) is 26.2 Å². The topological polar surface area (TPSA) is 32.8 Å². The molecule has 1 aliphatic heterocycles. The Balaban J connectivity index is 0.00000162. The number of para-hydroxylation sites is 1. The normalized spacial score (nSPS) is 16.0. The van der Waals surface area contributed by atoms with Crippen molar-refractivity contribution in [1.29, 1.82) is 0 Å². The van der Waals surface area contributed by atoms with Crippen molar-refractivity contribution >= 4 is 5.91 Å². The van der Waals surface area contributed by atoms with Crippen molar-refractivity contribution in [2.75, 3.05) is 40.3 Å². The van der Waals surface area contributed by atoms with Crippen LogP contribution in [0.5, 0.6) is 5.75 Å². The molecule has 1 heterocycles. The van der Waals surface area contributed by atoms with Crippen LogP contribution >= 0.6 is 0 Å². The second-order valence-electron chi connectivity index (χ2n) is 4.30. The predicted molar refractivity (Wildman–Crippen MR) is 66.4 cm³/mol. The number of piperazine rings is 1. The van der Waals surface area contributed by atoms with Gasteiger partial charge in [0.05, 0.1) is 12.7 Å². The zero-order valence-corrected chi connectivity index (χ0v) is 11.5. The molecule has 0 spiro atoms. The summed E-state index contributed by atoms with van der Waals surface area (Å²) in [6, 6.07) is 7.38. The lowest BCUT2D eigenvalue weighted by molar-refractivity contribution is -0.0000149. The third-order valence-corrected chi connectivity index (χ3v) is 3.13. The van der Waals surface area contributed by atoms with Crippen molar-refractivity contribution in [3.8, 4) is 5.75 Å². The van der Waals surface area contributed by atoms with E-state index in [1.807, 2.05) is 29.2 Å². The van der Waals surface area contributed by atoms with Crippen molar-refractivity contribution in [3.05, 3.63) is 29.8 Å². The molecule has 0 aromatic heterocycles. The van der Waals surface area contributed by atoms with E-state index >= 15 is 0 Å². The largest absolute Gasteiger partial charge is 1.00 e. The number of nitrogens with zero attached hydrogens (tertiary/aromatic N) is 2. The summed E-state index contributed by atoms with van der Waals surface area (Å²) in [5.74, 6) is 0.715. The third-order valence-electron chi connectivity index (χ3n) is 3.13. The maximum atomic E-state index is 12.3. The van der Waals surface area contributed by atoms with Crippen LogP contribution in [0.15, 0.2) is 24.3 Å². The van der Waals surface area contributed by atoms with E-state index in [4.69, 9.17) is 4.74 Å². The molecule has 4 nitrogen and oxygen atoms in total. The minimum Gasteiger partial charge on any atom is -1.00 e. The van der Waals surface area contributed by atoms with E-state index in [-0.39, 0.29) is 18.3 Å². The summed E-state index contributed by atoms with van der Waals surface area (Å²) in [4.78, 5) is 16.4. The molecule has 5 heteroatoms. The Kier molecular flexibility index (Phi) is 5.44. The summed E-state index contributed by atoms with van der Waals surface area (Å²) in [6.07, 6.45) is 0. The third kappa shape index (κ3) is 3.15. The van der Waals surface area contributed by atoms with Crippen molar-refractivity contribution in [2.24, 2.45) is 0 Å². The van der Waals surface area contributed by atoms with Gasteiger partial charge in [-0.05, 0) is 19.2 Å². The molecule has 0 unspecified atom stereocenters. The van der Waals surface area contributed by atoms with Crippen LogP contribution < -0.4 is 17.1 Å². The van der Waals surface area contributed by atoms with Crippen LogP contribution in [-0.2, 0) is 0 Å². The standard InChI is InChI=1S/C13H18N2O2.ClH/c1-14-7-9-15(10-8-14)13(16)11-5-3-4-6-12(11)17-2;/h3-6H,7-10H2,1-2H3;1H/p-1. The first-order valence-electron chi connectivity index (χ1n) is 5.83. The highest BCUT2D eigenvalue weighted by Crippen LogP contribution is 2.19. The maximum Gasteiger partial charge on any atom is 0.257 e. The van der Waals surface area contributed by atoms with Crippen LogP contribution in [0, 0.1) is 0 Å². The van der Waals surface area contributed by atoms with Gasteiger partial charge in [0.25, 0.3) is 5.91 Å². The first kappa shape index (κ1) is 14.8. The summed E-state index contributed by atoms with van der Waals surface area (Å²) < 4.78 is 5.22. The highest BCUT2D eigenvalue weighted by molar-refractivity contribution is 5.97. The van der Waals surface area contributed by atoms with Gasteiger partial charge >= 0.3 is 0 Å². The molecular weight excluding hydrogens is 252 g/mol. The van der Waals surface area contributed by atoms with Crippen LogP contribution in [0.4, 0.5) is 0 Å². The van der Waals surface area contributed by atoms with Gasteiger partial charge in [-0.1, -0.05) is 12.1 Å². The summed E-state index contributed by atoms with van der Waals surface area (Å²) in [6.45, 7) is 3.43. The molecule has 1 aromatic rings. The van der Waals surface area contributed by atoms with E-state index in [2.05, 4.69) is 11.9 Å². The summed E-state index contributed by atoms with van der Waals surface area (Å²) >= 11 is 0.